The zero-order valence-corrected chi connectivity index (χ0v) is 19.2. The predicted molar refractivity (Wildman–Crippen MR) is 123 cm³/mol. The Balaban J connectivity index is 1.65. The normalized spacial score (nSPS) is 11.7. The lowest BCUT2D eigenvalue weighted by Gasteiger charge is -2.15. The Morgan fingerprint density at radius 3 is 2.68 bits per heavy atom. The molecule has 0 spiro atoms. The van der Waals surface area contributed by atoms with Crippen LogP contribution in [-0.2, 0) is 10.0 Å². The summed E-state index contributed by atoms with van der Waals surface area (Å²) in [5.74, 6) is 0.477. The number of aryl methyl sites for hydroxylation is 1. The second kappa shape index (κ2) is 8.86. The van der Waals surface area contributed by atoms with Crippen molar-refractivity contribution in [3.05, 3.63) is 76.2 Å². The third-order valence-corrected chi connectivity index (χ3v) is 6.79. The Hall–Kier alpha value is -4.39. The largest absolute Gasteiger partial charge is 0.481 e. The molecule has 174 valence electrons. The molecule has 0 aliphatic heterocycles. The van der Waals surface area contributed by atoms with Gasteiger partial charge >= 0.3 is 0 Å². The highest BCUT2D eigenvalue weighted by Crippen LogP contribution is 2.24. The molecule has 0 fully saturated rings. The van der Waals surface area contributed by atoms with Crippen molar-refractivity contribution >= 4 is 27.6 Å². The maximum atomic E-state index is 13.0. The Labute approximate surface area is 194 Å². The van der Waals surface area contributed by atoms with E-state index in [9.17, 15) is 18.5 Å². The number of nitrogens with zero attached hydrogens (tertiary/aromatic N) is 7. The standard InChI is InChI=1S/C21H19N7O5S/c1-14-4-6-17(28(29)30)10-19(14)34(31,32)26(2)23-12-16-13-24-27-9-8-18(25-21(16)27)15-5-7-20(33-3)22-11-15/h4-13H,1-3H3/b23-12+. The van der Waals surface area contributed by atoms with Gasteiger partial charge in [-0.3, -0.25) is 10.1 Å². The number of methoxy groups -OCH3 is 1. The Morgan fingerprint density at radius 2 is 2.00 bits per heavy atom. The van der Waals surface area contributed by atoms with Crippen LogP contribution in [-0.4, -0.2) is 57.7 Å². The van der Waals surface area contributed by atoms with E-state index >= 15 is 0 Å². The van der Waals surface area contributed by atoms with Gasteiger partial charge in [-0.1, -0.05) is 6.07 Å². The van der Waals surface area contributed by atoms with Gasteiger partial charge in [0.2, 0.25) is 5.88 Å². The first kappa shape index (κ1) is 22.8. The average Bonchev–Trinajstić information content (AvgIpc) is 3.24. The fourth-order valence-electron chi connectivity index (χ4n) is 3.12. The summed E-state index contributed by atoms with van der Waals surface area (Å²) in [6, 6.07) is 8.95. The van der Waals surface area contributed by atoms with Gasteiger partial charge in [-0.2, -0.15) is 23.0 Å². The number of nitro groups is 1. The monoisotopic (exact) mass is 481 g/mol. The molecule has 34 heavy (non-hydrogen) atoms. The lowest BCUT2D eigenvalue weighted by atomic mass is 10.2. The van der Waals surface area contributed by atoms with Crippen LogP contribution in [0.3, 0.4) is 0 Å². The van der Waals surface area contributed by atoms with Crippen molar-refractivity contribution in [1.29, 1.82) is 0 Å². The lowest BCUT2D eigenvalue weighted by Crippen LogP contribution is -2.22. The molecule has 0 bridgehead atoms. The Morgan fingerprint density at radius 1 is 1.21 bits per heavy atom. The second-order valence-electron chi connectivity index (χ2n) is 7.16. The Kier molecular flexibility index (Phi) is 5.94. The van der Waals surface area contributed by atoms with Gasteiger partial charge in [0.15, 0.2) is 5.65 Å². The van der Waals surface area contributed by atoms with Crippen LogP contribution in [0.2, 0.25) is 0 Å². The summed E-state index contributed by atoms with van der Waals surface area (Å²) in [4.78, 5) is 19.0. The molecule has 3 heterocycles. The first-order chi connectivity index (χ1) is 16.2. The maximum absolute atomic E-state index is 13.0. The molecule has 0 atom stereocenters. The summed E-state index contributed by atoms with van der Waals surface area (Å²) >= 11 is 0. The number of benzene rings is 1. The second-order valence-corrected chi connectivity index (χ2v) is 9.08. The minimum atomic E-state index is -4.13. The first-order valence-electron chi connectivity index (χ1n) is 9.83. The highest BCUT2D eigenvalue weighted by atomic mass is 32.2. The molecule has 4 rings (SSSR count). The number of pyridine rings is 1. The fourth-order valence-corrected chi connectivity index (χ4v) is 4.32. The number of aromatic nitrogens is 4. The number of nitro benzene ring substituents is 1. The molecule has 3 aromatic heterocycles. The van der Waals surface area contributed by atoms with Gasteiger partial charge in [0.1, 0.15) is 0 Å². The van der Waals surface area contributed by atoms with Gasteiger partial charge in [-0.05, 0) is 24.6 Å². The van der Waals surface area contributed by atoms with Gasteiger partial charge in [0.05, 0.1) is 40.6 Å². The van der Waals surface area contributed by atoms with E-state index in [1.165, 1.54) is 43.2 Å². The molecule has 12 nitrogen and oxygen atoms in total. The fraction of sp³-hybridized carbons (Fsp3) is 0.143. The number of rotatable bonds is 7. The minimum absolute atomic E-state index is 0.200. The quantitative estimate of drug-likeness (QED) is 0.222. The highest BCUT2D eigenvalue weighted by molar-refractivity contribution is 7.89. The van der Waals surface area contributed by atoms with Crippen LogP contribution in [0.15, 0.2) is 65.0 Å². The zero-order valence-electron chi connectivity index (χ0n) is 18.4. The van der Waals surface area contributed by atoms with Crippen LogP contribution in [0.4, 0.5) is 5.69 Å². The van der Waals surface area contributed by atoms with Crippen molar-refractivity contribution in [3.8, 4) is 17.1 Å². The van der Waals surface area contributed by atoms with E-state index in [4.69, 9.17) is 4.74 Å². The van der Waals surface area contributed by atoms with Gasteiger partial charge in [0.25, 0.3) is 15.7 Å². The molecule has 0 aliphatic rings. The van der Waals surface area contributed by atoms with E-state index in [1.54, 1.807) is 31.5 Å². The molecular weight excluding hydrogens is 462 g/mol. The van der Waals surface area contributed by atoms with Crippen molar-refractivity contribution < 1.29 is 18.1 Å². The molecular formula is C21H19N7O5S. The minimum Gasteiger partial charge on any atom is -0.481 e. The zero-order chi connectivity index (χ0) is 24.5. The van der Waals surface area contributed by atoms with Crippen LogP contribution < -0.4 is 4.74 Å². The van der Waals surface area contributed by atoms with E-state index in [0.29, 0.717) is 28.3 Å². The molecule has 0 amide bonds. The molecule has 0 radical (unpaired) electrons. The van der Waals surface area contributed by atoms with E-state index in [2.05, 4.69) is 20.2 Å². The van der Waals surface area contributed by atoms with Gasteiger partial charge in [0, 0.05) is 43.2 Å². The van der Waals surface area contributed by atoms with Gasteiger partial charge < -0.3 is 4.74 Å². The van der Waals surface area contributed by atoms with Crippen molar-refractivity contribution in [2.24, 2.45) is 5.10 Å². The number of non-ortho nitro benzene ring substituents is 1. The Bertz CT molecular complexity index is 1510. The van der Waals surface area contributed by atoms with E-state index in [-0.39, 0.29) is 10.6 Å². The average molecular weight is 481 g/mol. The molecule has 1 aromatic carbocycles. The van der Waals surface area contributed by atoms with E-state index < -0.39 is 14.9 Å². The summed E-state index contributed by atoms with van der Waals surface area (Å²) in [7, 11) is -1.35. The number of hydrogen-bond donors (Lipinski definition) is 0. The third kappa shape index (κ3) is 4.28. The van der Waals surface area contributed by atoms with Gasteiger partial charge in [-0.15, -0.1) is 0 Å². The van der Waals surface area contributed by atoms with Crippen LogP contribution >= 0.6 is 0 Å². The summed E-state index contributed by atoms with van der Waals surface area (Å²) in [5, 5.41) is 19.3. The first-order valence-corrected chi connectivity index (χ1v) is 11.3. The van der Waals surface area contributed by atoms with Crippen molar-refractivity contribution in [3.63, 3.8) is 0 Å². The molecule has 4 aromatic rings. The number of fused-ring (bicyclic) bond motifs is 1. The summed E-state index contributed by atoms with van der Waals surface area (Å²) < 4.78 is 33.3. The molecule has 0 saturated carbocycles. The smallest absolute Gasteiger partial charge is 0.279 e. The van der Waals surface area contributed by atoms with Crippen molar-refractivity contribution in [2.45, 2.75) is 11.8 Å². The summed E-state index contributed by atoms with van der Waals surface area (Å²) in [6.45, 7) is 1.55. The maximum Gasteiger partial charge on any atom is 0.279 e. The molecule has 0 saturated heterocycles. The van der Waals surface area contributed by atoms with Crippen LogP contribution in [0.1, 0.15) is 11.1 Å². The topological polar surface area (TPSA) is 145 Å². The number of ether oxygens (including phenoxy) is 1. The highest BCUT2D eigenvalue weighted by Gasteiger charge is 2.24. The van der Waals surface area contributed by atoms with Crippen molar-refractivity contribution in [2.75, 3.05) is 14.2 Å². The lowest BCUT2D eigenvalue weighted by molar-refractivity contribution is -0.385. The SMILES string of the molecule is COc1ccc(-c2ccn3ncc(/C=N/N(C)S(=O)(=O)c4cc([N+](=O)[O-])ccc4C)c3n2)cn1. The van der Waals surface area contributed by atoms with Crippen LogP contribution in [0, 0.1) is 17.0 Å². The van der Waals surface area contributed by atoms with Gasteiger partial charge in [-0.25, -0.2) is 14.5 Å². The van der Waals surface area contributed by atoms with E-state index in [1.807, 2.05) is 6.07 Å². The predicted octanol–water partition coefficient (Wildman–Crippen LogP) is 2.67. The molecule has 0 aliphatic carbocycles. The number of hydrogen-bond acceptors (Lipinski definition) is 9. The molecule has 0 unspecified atom stereocenters. The third-order valence-electron chi connectivity index (χ3n) is 5.01. The number of sulfonamides is 1. The van der Waals surface area contributed by atoms with Crippen molar-refractivity contribution in [1.82, 2.24) is 24.0 Å². The summed E-state index contributed by atoms with van der Waals surface area (Å²) in [6.07, 6.45) is 6.16. The molecule has 0 N–H and O–H groups in total. The van der Waals surface area contributed by atoms with E-state index in [0.717, 1.165) is 16.0 Å². The van der Waals surface area contributed by atoms with Crippen LogP contribution in [0.5, 0.6) is 5.88 Å². The summed E-state index contributed by atoms with van der Waals surface area (Å²) in [5.41, 5.74) is 2.35. The molecule has 13 heteroatoms. The number of hydrazone groups is 1. The van der Waals surface area contributed by atoms with Crippen LogP contribution in [0.25, 0.3) is 16.9 Å².